The molecule has 0 aliphatic rings. The second-order valence-corrected chi connectivity index (χ2v) is 12.5. The molecule has 0 fully saturated rings. The van der Waals surface area contributed by atoms with Crippen LogP contribution < -0.4 is 9.47 Å². The first-order chi connectivity index (χ1) is 19.2. The predicted molar refractivity (Wildman–Crippen MR) is 170 cm³/mol. The highest BCUT2D eigenvalue weighted by Gasteiger charge is 2.23. The SMILES string of the molecule is Cc1cc(-c2cc(C)c(OCC(C)(C)COc3c(C)cc(-c4cc(C)c(O)c(C)c4)cc3C)c(C)c2)cc(C)c1O. The van der Waals surface area contributed by atoms with E-state index in [0.29, 0.717) is 24.7 Å². The van der Waals surface area contributed by atoms with Gasteiger partial charge >= 0.3 is 0 Å². The Labute approximate surface area is 245 Å². The Bertz CT molecular complexity index is 1400. The molecule has 0 aliphatic heterocycles. The van der Waals surface area contributed by atoms with Crippen LogP contribution in [0.25, 0.3) is 22.3 Å². The maximum absolute atomic E-state index is 10.2. The summed E-state index contributed by atoms with van der Waals surface area (Å²) in [5, 5.41) is 20.3. The molecule has 0 aromatic heterocycles. The van der Waals surface area contributed by atoms with Crippen LogP contribution >= 0.6 is 0 Å². The average molecular weight is 553 g/mol. The highest BCUT2D eigenvalue weighted by molar-refractivity contribution is 5.71. The summed E-state index contributed by atoms with van der Waals surface area (Å²) in [6.07, 6.45) is 0. The van der Waals surface area contributed by atoms with E-state index in [4.69, 9.17) is 9.47 Å². The zero-order valence-corrected chi connectivity index (χ0v) is 26.2. The lowest BCUT2D eigenvalue weighted by molar-refractivity contribution is 0.109. The molecule has 0 spiro atoms. The standard InChI is InChI=1S/C37H44O4/c1-21-11-29(12-22(2)33(21)38)31-15-25(5)35(26(6)16-31)40-19-37(9,10)20-41-36-27(7)17-32(18-28(36)8)30-13-23(3)34(39)24(4)14-30/h11-18,38-39H,19-20H2,1-10H3. The molecule has 216 valence electrons. The summed E-state index contributed by atoms with van der Waals surface area (Å²) < 4.78 is 12.8. The quantitative estimate of drug-likeness (QED) is 0.229. The first-order valence-electron chi connectivity index (χ1n) is 14.3. The van der Waals surface area contributed by atoms with Gasteiger partial charge in [-0.3, -0.25) is 0 Å². The molecule has 0 radical (unpaired) electrons. The summed E-state index contributed by atoms with van der Waals surface area (Å²) in [6, 6.07) is 16.7. The van der Waals surface area contributed by atoms with Crippen LogP contribution in [0.3, 0.4) is 0 Å². The van der Waals surface area contributed by atoms with Gasteiger partial charge in [-0.1, -0.05) is 13.8 Å². The van der Waals surface area contributed by atoms with E-state index in [2.05, 4.69) is 65.8 Å². The van der Waals surface area contributed by atoms with Crippen molar-refractivity contribution in [3.63, 3.8) is 0 Å². The van der Waals surface area contributed by atoms with Crippen LogP contribution in [0.4, 0.5) is 0 Å². The number of aromatic hydroxyl groups is 2. The van der Waals surface area contributed by atoms with Crippen LogP contribution in [0.5, 0.6) is 23.0 Å². The van der Waals surface area contributed by atoms with Crippen LogP contribution in [-0.2, 0) is 0 Å². The van der Waals surface area contributed by atoms with Gasteiger partial charge < -0.3 is 19.7 Å². The number of hydrogen-bond acceptors (Lipinski definition) is 4. The molecule has 0 saturated carbocycles. The number of hydrogen-bond donors (Lipinski definition) is 2. The number of phenols is 2. The minimum absolute atomic E-state index is 0.217. The van der Waals surface area contributed by atoms with Crippen molar-refractivity contribution in [3.8, 4) is 45.3 Å². The third-order valence-electron chi connectivity index (χ3n) is 7.78. The maximum Gasteiger partial charge on any atom is 0.125 e. The Morgan fingerprint density at radius 3 is 0.902 bits per heavy atom. The number of phenolic OH excluding ortho intramolecular Hbond substituents is 2. The summed E-state index contributed by atoms with van der Waals surface area (Å²) in [6.45, 7) is 21.4. The summed E-state index contributed by atoms with van der Waals surface area (Å²) in [5.41, 5.74) is 12.1. The Balaban J connectivity index is 1.46. The van der Waals surface area contributed by atoms with Crippen LogP contribution in [-0.4, -0.2) is 23.4 Å². The maximum atomic E-state index is 10.2. The summed E-state index contributed by atoms with van der Waals surface area (Å²) in [5.74, 6) is 2.53. The predicted octanol–water partition coefficient (Wildman–Crippen LogP) is 9.38. The van der Waals surface area contributed by atoms with Gasteiger partial charge in [0.25, 0.3) is 0 Å². The Kier molecular flexibility index (Phi) is 8.44. The van der Waals surface area contributed by atoms with Crippen molar-refractivity contribution in [1.82, 2.24) is 0 Å². The molecule has 2 N–H and O–H groups in total. The van der Waals surface area contributed by atoms with Gasteiger partial charge in [-0.05, 0) is 171 Å². The highest BCUT2D eigenvalue weighted by Crippen LogP contribution is 2.36. The zero-order chi connectivity index (χ0) is 30.2. The second kappa shape index (κ2) is 11.5. The molecular weight excluding hydrogens is 508 g/mol. The highest BCUT2D eigenvalue weighted by atomic mass is 16.5. The van der Waals surface area contributed by atoms with Gasteiger partial charge in [0.15, 0.2) is 0 Å². The molecule has 4 heteroatoms. The monoisotopic (exact) mass is 552 g/mol. The lowest BCUT2D eigenvalue weighted by Gasteiger charge is -2.27. The average Bonchev–Trinajstić information content (AvgIpc) is 2.88. The number of rotatable bonds is 8. The molecule has 0 bridgehead atoms. The molecule has 0 unspecified atom stereocenters. The van der Waals surface area contributed by atoms with Crippen molar-refractivity contribution in [2.75, 3.05) is 13.2 Å². The fourth-order valence-corrected chi connectivity index (χ4v) is 5.51. The molecule has 4 rings (SSSR count). The van der Waals surface area contributed by atoms with E-state index in [9.17, 15) is 10.2 Å². The van der Waals surface area contributed by atoms with Crippen LogP contribution in [0.2, 0.25) is 0 Å². The van der Waals surface area contributed by atoms with Crippen LogP contribution in [0.1, 0.15) is 58.4 Å². The minimum atomic E-state index is -0.217. The van der Waals surface area contributed by atoms with Gasteiger partial charge in [-0.15, -0.1) is 0 Å². The molecule has 4 aromatic carbocycles. The normalized spacial score (nSPS) is 11.6. The molecule has 4 nitrogen and oxygen atoms in total. The third-order valence-corrected chi connectivity index (χ3v) is 7.78. The first-order valence-corrected chi connectivity index (χ1v) is 14.3. The molecule has 0 amide bonds. The van der Waals surface area contributed by atoms with E-state index in [1.807, 2.05) is 52.0 Å². The summed E-state index contributed by atoms with van der Waals surface area (Å²) in [4.78, 5) is 0. The van der Waals surface area contributed by atoms with E-state index in [1.54, 1.807) is 0 Å². The van der Waals surface area contributed by atoms with Gasteiger partial charge in [-0.25, -0.2) is 0 Å². The smallest absolute Gasteiger partial charge is 0.125 e. The van der Waals surface area contributed by atoms with Crippen molar-refractivity contribution < 1.29 is 19.7 Å². The number of aryl methyl sites for hydroxylation is 8. The number of benzene rings is 4. The van der Waals surface area contributed by atoms with Crippen molar-refractivity contribution >= 4 is 0 Å². The van der Waals surface area contributed by atoms with E-state index in [-0.39, 0.29) is 5.41 Å². The minimum Gasteiger partial charge on any atom is -0.507 e. The van der Waals surface area contributed by atoms with Crippen LogP contribution in [0.15, 0.2) is 48.5 Å². The van der Waals surface area contributed by atoms with E-state index >= 15 is 0 Å². The van der Waals surface area contributed by atoms with Gasteiger partial charge in [0.1, 0.15) is 23.0 Å². The lowest BCUT2D eigenvalue weighted by atomic mass is 9.94. The van der Waals surface area contributed by atoms with Gasteiger partial charge in [0.2, 0.25) is 0 Å². The molecular formula is C37H44O4. The molecule has 41 heavy (non-hydrogen) atoms. The molecule has 0 saturated heterocycles. The first kappa shape index (κ1) is 30.0. The van der Waals surface area contributed by atoms with Gasteiger partial charge in [-0.2, -0.15) is 0 Å². The van der Waals surface area contributed by atoms with E-state index in [0.717, 1.165) is 78.3 Å². The number of ether oxygens (including phenoxy) is 2. The molecule has 0 heterocycles. The van der Waals surface area contributed by atoms with Gasteiger partial charge in [0, 0.05) is 5.41 Å². The lowest BCUT2D eigenvalue weighted by Crippen LogP contribution is -2.29. The van der Waals surface area contributed by atoms with Crippen molar-refractivity contribution in [2.45, 2.75) is 69.2 Å². The topological polar surface area (TPSA) is 58.9 Å². The van der Waals surface area contributed by atoms with E-state index in [1.165, 1.54) is 0 Å². The van der Waals surface area contributed by atoms with Crippen molar-refractivity contribution in [2.24, 2.45) is 5.41 Å². The summed E-state index contributed by atoms with van der Waals surface area (Å²) in [7, 11) is 0. The second-order valence-electron chi connectivity index (χ2n) is 12.5. The fraction of sp³-hybridized carbons (Fsp3) is 0.351. The fourth-order valence-electron chi connectivity index (χ4n) is 5.51. The zero-order valence-electron chi connectivity index (χ0n) is 26.2. The Hall–Kier alpha value is -3.92. The molecule has 0 atom stereocenters. The van der Waals surface area contributed by atoms with Crippen LogP contribution in [0, 0.1) is 60.8 Å². The Morgan fingerprint density at radius 1 is 0.439 bits per heavy atom. The Morgan fingerprint density at radius 2 is 0.659 bits per heavy atom. The molecule has 0 aliphatic carbocycles. The molecule has 4 aromatic rings. The van der Waals surface area contributed by atoms with Crippen molar-refractivity contribution in [3.05, 3.63) is 93.0 Å². The summed E-state index contributed by atoms with van der Waals surface area (Å²) >= 11 is 0. The largest absolute Gasteiger partial charge is 0.507 e. The van der Waals surface area contributed by atoms with E-state index < -0.39 is 0 Å². The third kappa shape index (κ3) is 6.53. The van der Waals surface area contributed by atoms with Crippen molar-refractivity contribution in [1.29, 1.82) is 0 Å². The van der Waals surface area contributed by atoms with Gasteiger partial charge in [0.05, 0.1) is 13.2 Å².